The Kier molecular flexibility index (Phi) is 4.46. The van der Waals surface area contributed by atoms with E-state index in [1.54, 1.807) is 16.9 Å². The van der Waals surface area contributed by atoms with Gasteiger partial charge in [-0.15, -0.1) is 0 Å². The number of rotatable bonds is 4. The molecular formula is C18H21N5O. The fourth-order valence-corrected chi connectivity index (χ4v) is 2.66. The van der Waals surface area contributed by atoms with Crippen LogP contribution in [0.25, 0.3) is 10.9 Å². The van der Waals surface area contributed by atoms with Gasteiger partial charge in [-0.2, -0.15) is 5.10 Å². The number of aromatic nitrogens is 3. The third kappa shape index (κ3) is 3.53. The van der Waals surface area contributed by atoms with E-state index in [1.807, 2.05) is 43.6 Å². The molecule has 2 amide bonds. The lowest BCUT2D eigenvalue weighted by Crippen LogP contribution is -2.35. The minimum absolute atomic E-state index is 0.112. The van der Waals surface area contributed by atoms with E-state index in [2.05, 4.69) is 34.6 Å². The zero-order chi connectivity index (χ0) is 17.1. The Morgan fingerprint density at radius 1 is 1.17 bits per heavy atom. The number of carbonyl (C=O) groups is 1. The van der Waals surface area contributed by atoms with Crippen molar-refractivity contribution in [1.29, 1.82) is 0 Å². The van der Waals surface area contributed by atoms with Gasteiger partial charge >= 0.3 is 6.03 Å². The van der Waals surface area contributed by atoms with Crippen molar-refractivity contribution in [1.82, 2.24) is 20.1 Å². The zero-order valence-corrected chi connectivity index (χ0v) is 14.0. The maximum Gasteiger partial charge on any atom is 0.320 e. The van der Waals surface area contributed by atoms with Crippen LogP contribution in [0.4, 0.5) is 10.6 Å². The SMILES string of the molecule is CC(C)C(NC(=O)Nc1ccc2ccccc2n1)c1cnn(C)c1. The smallest absolute Gasteiger partial charge is 0.320 e. The Morgan fingerprint density at radius 2 is 1.96 bits per heavy atom. The highest BCUT2D eigenvalue weighted by atomic mass is 16.2. The molecule has 1 aromatic carbocycles. The molecule has 0 aliphatic rings. The number of aryl methyl sites for hydroxylation is 1. The summed E-state index contributed by atoms with van der Waals surface area (Å²) in [6.45, 7) is 4.12. The molecule has 3 aromatic rings. The number of anilines is 1. The molecule has 0 aliphatic carbocycles. The first-order valence-electron chi connectivity index (χ1n) is 7.95. The molecule has 3 rings (SSSR count). The molecule has 124 valence electrons. The molecule has 1 unspecified atom stereocenters. The van der Waals surface area contributed by atoms with Gasteiger partial charge in [-0.25, -0.2) is 9.78 Å². The van der Waals surface area contributed by atoms with Crippen molar-refractivity contribution in [3.05, 3.63) is 54.4 Å². The number of fused-ring (bicyclic) bond motifs is 1. The van der Waals surface area contributed by atoms with E-state index >= 15 is 0 Å². The van der Waals surface area contributed by atoms with Crippen LogP contribution in [0.1, 0.15) is 25.5 Å². The molecule has 0 spiro atoms. The zero-order valence-electron chi connectivity index (χ0n) is 14.0. The Bertz CT molecular complexity index is 855. The van der Waals surface area contributed by atoms with Crippen LogP contribution in [0.2, 0.25) is 0 Å². The predicted octanol–water partition coefficient (Wildman–Crippen LogP) is 3.49. The van der Waals surface area contributed by atoms with Crippen LogP contribution in [0.5, 0.6) is 0 Å². The molecule has 1 atom stereocenters. The van der Waals surface area contributed by atoms with E-state index in [4.69, 9.17) is 0 Å². The average Bonchev–Trinajstić information content (AvgIpc) is 2.98. The first-order valence-corrected chi connectivity index (χ1v) is 7.95. The summed E-state index contributed by atoms with van der Waals surface area (Å²) < 4.78 is 1.73. The van der Waals surface area contributed by atoms with Crippen molar-refractivity contribution in [3.8, 4) is 0 Å². The summed E-state index contributed by atoms with van der Waals surface area (Å²) in [7, 11) is 1.86. The first-order chi connectivity index (χ1) is 11.5. The van der Waals surface area contributed by atoms with Gasteiger partial charge in [-0.1, -0.05) is 32.0 Å². The van der Waals surface area contributed by atoms with Gasteiger partial charge in [0.2, 0.25) is 0 Å². The van der Waals surface area contributed by atoms with Gasteiger partial charge in [-0.3, -0.25) is 10.00 Å². The number of nitrogens with one attached hydrogen (secondary N) is 2. The maximum atomic E-state index is 12.4. The minimum atomic E-state index is -0.277. The van der Waals surface area contributed by atoms with E-state index in [9.17, 15) is 4.79 Å². The number of nitrogens with zero attached hydrogens (tertiary/aromatic N) is 3. The third-order valence-corrected chi connectivity index (χ3v) is 3.88. The summed E-state index contributed by atoms with van der Waals surface area (Å²) in [5.41, 5.74) is 1.83. The number of hydrogen-bond donors (Lipinski definition) is 2. The standard InChI is InChI=1S/C18H21N5O/c1-12(2)17(14-10-19-23(3)11-14)22-18(24)21-16-9-8-13-6-4-5-7-15(13)20-16/h4-12,17H,1-3H3,(H2,20,21,22,24). The van der Waals surface area contributed by atoms with Crippen LogP contribution in [0.15, 0.2) is 48.8 Å². The van der Waals surface area contributed by atoms with Crippen molar-refractivity contribution in [2.75, 3.05) is 5.32 Å². The minimum Gasteiger partial charge on any atom is -0.331 e. The number of carbonyl (C=O) groups excluding carboxylic acids is 1. The molecule has 24 heavy (non-hydrogen) atoms. The Morgan fingerprint density at radius 3 is 2.67 bits per heavy atom. The molecule has 0 radical (unpaired) electrons. The second kappa shape index (κ2) is 6.70. The summed E-state index contributed by atoms with van der Waals surface area (Å²) in [4.78, 5) is 16.8. The molecule has 6 nitrogen and oxygen atoms in total. The molecular weight excluding hydrogens is 302 g/mol. The van der Waals surface area contributed by atoms with E-state index in [-0.39, 0.29) is 18.0 Å². The molecule has 2 aromatic heterocycles. The van der Waals surface area contributed by atoms with Crippen LogP contribution in [0, 0.1) is 5.92 Å². The van der Waals surface area contributed by atoms with Crippen molar-refractivity contribution < 1.29 is 4.79 Å². The van der Waals surface area contributed by atoms with Crippen LogP contribution < -0.4 is 10.6 Å². The topological polar surface area (TPSA) is 71.8 Å². The third-order valence-electron chi connectivity index (χ3n) is 3.88. The molecule has 0 fully saturated rings. The number of urea groups is 1. The van der Waals surface area contributed by atoms with Crippen molar-refractivity contribution >= 4 is 22.8 Å². The highest BCUT2D eigenvalue weighted by molar-refractivity contribution is 5.90. The Hall–Kier alpha value is -2.89. The van der Waals surface area contributed by atoms with E-state index < -0.39 is 0 Å². The summed E-state index contributed by atoms with van der Waals surface area (Å²) in [5.74, 6) is 0.768. The number of benzene rings is 1. The number of amides is 2. The number of para-hydroxylation sites is 1. The van der Waals surface area contributed by atoms with Gasteiger partial charge in [-0.05, 0) is 24.1 Å². The van der Waals surface area contributed by atoms with Crippen LogP contribution in [-0.4, -0.2) is 20.8 Å². The highest BCUT2D eigenvalue weighted by Gasteiger charge is 2.20. The second-order valence-corrected chi connectivity index (χ2v) is 6.16. The molecule has 2 heterocycles. The van der Waals surface area contributed by atoms with Crippen LogP contribution in [0.3, 0.4) is 0 Å². The molecule has 0 aliphatic heterocycles. The molecule has 0 saturated heterocycles. The summed E-state index contributed by atoms with van der Waals surface area (Å²) in [6, 6.07) is 11.2. The summed E-state index contributed by atoms with van der Waals surface area (Å²) in [5, 5.41) is 11.0. The second-order valence-electron chi connectivity index (χ2n) is 6.16. The number of pyridine rings is 1. The average molecular weight is 323 g/mol. The first kappa shape index (κ1) is 16.0. The molecule has 2 N–H and O–H groups in total. The van der Waals surface area contributed by atoms with Crippen molar-refractivity contribution in [2.45, 2.75) is 19.9 Å². The van der Waals surface area contributed by atoms with Gasteiger partial charge in [0.05, 0.1) is 17.8 Å². The van der Waals surface area contributed by atoms with Gasteiger partial charge in [0, 0.05) is 24.2 Å². The normalized spacial score (nSPS) is 12.3. The lowest BCUT2D eigenvalue weighted by atomic mass is 9.99. The summed E-state index contributed by atoms with van der Waals surface area (Å²) in [6.07, 6.45) is 3.69. The lowest BCUT2D eigenvalue weighted by molar-refractivity contribution is 0.244. The molecule has 0 bridgehead atoms. The van der Waals surface area contributed by atoms with Crippen molar-refractivity contribution in [3.63, 3.8) is 0 Å². The van der Waals surface area contributed by atoms with E-state index in [0.717, 1.165) is 16.5 Å². The van der Waals surface area contributed by atoms with Crippen LogP contribution >= 0.6 is 0 Å². The quantitative estimate of drug-likeness (QED) is 0.772. The molecule has 0 saturated carbocycles. The fourth-order valence-electron chi connectivity index (χ4n) is 2.66. The monoisotopic (exact) mass is 323 g/mol. The predicted molar refractivity (Wildman–Crippen MR) is 94.7 cm³/mol. The van der Waals surface area contributed by atoms with Gasteiger partial charge in [0.25, 0.3) is 0 Å². The van der Waals surface area contributed by atoms with E-state index in [1.165, 1.54) is 0 Å². The number of hydrogen-bond acceptors (Lipinski definition) is 3. The van der Waals surface area contributed by atoms with Gasteiger partial charge in [0.15, 0.2) is 0 Å². The Balaban J connectivity index is 1.73. The summed E-state index contributed by atoms with van der Waals surface area (Å²) >= 11 is 0. The largest absolute Gasteiger partial charge is 0.331 e. The van der Waals surface area contributed by atoms with Gasteiger partial charge < -0.3 is 5.32 Å². The lowest BCUT2D eigenvalue weighted by Gasteiger charge is -2.21. The van der Waals surface area contributed by atoms with Crippen molar-refractivity contribution in [2.24, 2.45) is 13.0 Å². The molecule has 6 heteroatoms. The van der Waals surface area contributed by atoms with Crippen LogP contribution in [-0.2, 0) is 7.05 Å². The maximum absolute atomic E-state index is 12.4. The van der Waals surface area contributed by atoms with Gasteiger partial charge in [0.1, 0.15) is 5.82 Å². The Labute approximate surface area is 140 Å². The van der Waals surface area contributed by atoms with E-state index in [0.29, 0.717) is 5.82 Å². The highest BCUT2D eigenvalue weighted by Crippen LogP contribution is 2.21. The fraction of sp³-hybridized carbons (Fsp3) is 0.278.